The van der Waals surface area contributed by atoms with Crippen molar-refractivity contribution in [3.63, 3.8) is 0 Å². The Balaban J connectivity index is 2.42. The number of Topliss-reactive ketones (excluding diaryl/α,β-unsaturated/α-hetero) is 1. The van der Waals surface area contributed by atoms with Gasteiger partial charge in [-0.25, -0.2) is 0 Å². The first kappa shape index (κ1) is 11.6. The summed E-state index contributed by atoms with van der Waals surface area (Å²) in [6, 6.07) is 4.99. The zero-order chi connectivity index (χ0) is 12.4. The second-order valence-corrected chi connectivity index (χ2v) is 4.26. The molecule has 0 aromatic heterocycles. The molecule has 1 saturated heterocycles. The van der Waals surface area contributed by atoms with E-state index < -0.39 is 0 Å². The zero-order valence-electron chi connectivity index (χ0n) is 9.68. The number of rotatable bonds is 2. The van der Waals surface area contributed by atoms with E-state index in [-0.39, 0.29) is 22.9 Å². The molecule has 0 unspecified atom stereocenters. The van der Waals surface area contributed by atoms with Gasteiger partial charge in [0.2, 0.25) is 0 Å². The normalized spacial score (nSPS) is 16.1. The van der Waals surface area contributed by atoms with Crippen molar-refractivity contribution < 1.29 is 9.72 Å². The van der Waals surface area contributed by atoms with E-state index in [1.165, 1.54) is 6.07 Å². The van der Waals surface area contributed by atoms with Crippen LogP contribution in [0.3, 0.4) is 0 Å². The number of para-hydroxylation sites is 1. The van der Waals surface area contributed by atoms with Gasteiger partial charge in [-0.15, -0.1) is 0 Å². The molecule has 5 heteroatoms. The molecule has 1 heterocycles. The molecule has 1 aliphatic heterocycles. The Morgan fingerprint density at radius 1 is 1.41 bits per heavy atom. The van der Waals surface area contributed by atoms with Gasteiger partial charge in [-0.2, -0.15) is 0 Å². The summed E-state index contributed by atoms with van der Waals surface area (Å²) in [5.74, 6) is 0.147. The monoisotopic (exact) mass is 234 g/mol. The minimum atomic E-state index is -0.387. The van der Waals surface area contributed by atoms with Crippen molar-refractivity contribution in [2.45, 2.75) is 19.8 Å². The number of anilines is 1. The first-order chi connectivity index (χ1) is 8.09. The summed E-state index contributed by atoms with van der Waals surface area (Å²) in [4.78, 5) is 23.9. The number of nitrogens with zero attached hydrogens (tertiary/aromatic N) is 2. The summed E-state index contributed by atoms with van der Waals surface area (Å²) < 4.78 is 0. The third-order valence-electron chi connectivity index (χ3n) is 2.98. The summed E-state index contributed by atoms with van der Waals surface area (Å²) in [6.45, 7) is 2.82. The summed E-state index contributed by atoms with van der Waals surface area (Å²) in [5, 5.41) is 11.0. The lowest BCUT2D eigenvalue weighted by atomic mass is 10.1. The lowest BCUT2D eigenvalue weighted by molar-refractivity contribution is -0.384. The minimum absolute atomic E-state index is 0.0831. The molecule has 2 rings (SSSR count). The smallest absolute Gasteiger partial charge is 0.292 e. The van der Waals surface area contributed by atoms with Crippen LogP contribution in [0.15, 0.2) is 18.2 Å². The lowest BCUT2D eigenvalue weighted by Crippen LogP contribution is -2.36. The lowest BCUT2D eigenvalue weighted by Gasteiger charge is -2.28. The molecule has 0 bridgehead atoms. The van der Waals surface area contributed by atoms with Gasteiger partial charge in [0.25, 0.3) is 5.69 Å². The van der Waals surface area contributed by atoms with E-state index >= 15 is 0 Å². The van der Waals surface area contributed by atoms with E-state index in [0.717, 1.165) is 12.0 Å². The number of carbonyl (C=O) groups excluding carboxylic acids is 1. The molecule has 17 heavy (non-hydrogen) atoms. The molecule has 0 aliphatic carbocycles. The van der Waals surface area contributed by atoms with Crippen LogP contribution in [-0.2, 0) is 4.79 Å². The fourth-order valence-corrected chi connectivity index (χ4v) is 2.23. The Morgan fingerprint density at radius 2 is 2.18 bits per heavy atom. The van der Waals surface area contributed by atoms with Crippen molar-refractivity contribution in [1.29, 1.82) is 0 Å². The zero-order valence-corrected chi connectivity index (χ0v) is 9.68. The largest absolute Gasteiger partial charge is 0.358 e. The first-order valence-corrected chi connectivity index (χ1v) is 5.60. The molecule has 90 valence electrons. The molecule has 0 amide bonds. The maximum Gasteiger partial charge on any atom is 0.292 e. The number of hydrogen-bond donors (Lipinski definition) is 0. The number of nitro benzene ring substituents is 1. The van der Waals surface area contributed by atoms with Crippen molar-refractivity contribution in [3.05, 3.63) is 33.9 Å². The highest BCUT2D eigenvalue weighted by atomic mass is 16.6. The Morgan fingerprint density at radius 3 is 2.82 bits per heavy atom. The fraction of sp³-hybridized carbons (Fsp3) is 0.417. The number of ketones is 1. The summed E-state index contributed by atoms with van der Waals surface area (Å²) in [5.41, 5.74) is 1.51. The van der Waals surface area contributed by atoms with Gasteiger partial charge in [0.15, 0.2) is 5.78 Å². The van der Waals surface area contributed by atoms with Crippen LogP contribution < -0.4 is 4.90 Å². The summed E-state index contributed by atoms with van der Waals surface area (Å²) in [6.07, 6.45) is 1.35. The molecule has 0 atom stereocenters. The van der Waals surface area contributed by atoms with Crippen molar-refractivity contribution in [1.82, 2.24) is 0 Å². The highest BCUT2D eigenvalue weighted by Crippen LogP contribution is 2.32. The van der Waals surface area contributed by atoms with Crippen LogP contribution in [-0.4, -0.2) is 23.8 Å². The third kappa shape index (κ3) is 2.27. The maximum absolute atomic E-state index is 11.4. The number of nitro groups is 1. The Bertz CT molecular complexity index is 471. The molecule has 1 aliphatic rings. The molecule has 5 nitrogen and oxygen atoms in total. The van der Waals surface area contributed by atoms with Crippen LogP contribution >= 0.6 is 0 Å². The molecule has 0 radical (unpaired) electrons. The minimum Gasteiger partial charge on any atom is -0.358 e. The second kappa shape index (κ2) is 4.53. The molecule has 1 aromatic carbocycles. The second-order valence-electron chi connectivity index (χ2n) is 4.26. The number of carbonyl (C=O) groups is 1. The summed E-state index contributed by atoms with van der Waals surface area (Å²) >= 11 is 0. The van der Waals surface area contributed by atoms with Gasteiger partial charge < -0.3 is 4.90 Å². The van der Waals surface area contributed by atoms with E-state index in [1.54, 1.807) is 6.07 Å². The number of benzene rings is 1. The van der Waals surface area contributed by atoms with Crippen molar-refractivity contribution in [2.24, 2.45) is 0 Å². The van der Waals surface area contributed by atoms with Crippen LogP contribution in [0.2, 0.25) is 0 Å². The molecule has 0 spiro atoms. The summed E-state index contributed by atoms with van der Waals surface area (Å²) in [7, 11) is 0. The number of hydrogen-bond acceptors (Lipinski definition) is 4. The van der Waals surface area contributed by atoms with E-state index in [0.29, 0.717) is 18.7 Å². The third-order valence-corrected chi connectivity index (χ3v) is 2.98. The van der Waals surface area contributed by atoms with Crippen LogP contribution in [0.4, 0.5) is 11.4 Å². The maximum atomic E-state index is 11.4. The van der Waals surface area contributed by atoms with Crippen molar-refractivity contribution in [2.75, 3.05) is 18.0 Å². The number of aryl methyl sites for hydroxylation is 1. The van der Waals surface area contributed by atoms with Crippen LogP contribution in [0.25, 0.3) is 0 Å². The van der Waals surface area contributed by atoms with Gasteiger partial charge in [-0.3, -0.25) is 14.9 Å². The molecule has 1 aromatic rings. The van der Waals surface area contributed by atoms with E-state index in [1.807, 2.05) is 17.9 Å². The Hall–Kier alpha value is -1.91. The predicted molar refractivity (Wildman–Crippen MR) is 64.3 cm³/mol. The molecule has 1 fully saturated rings. The van der Waals surface area contributed by atoms with Gasteiger partial charge in [0.1, 0.15) is 5.69 Å². The fourth-order valence-electron chi connectivity index (χ4n) is 2.23. The molecule has 0 saturated carbocycles. The van der Waals surface area contributed by atoms with Gasteiger partial charge >= 0.3 is 0 Å². The SMILES string of the molecule is Cc1cccc([N+](=O)[O-])c1N1CCCC(=O)C1. The average Bonchev–Trinajstić information content (AvgIpc) is 2.28. The quantitative estimate of drug-likeness (QED) is 0.580. The van der Waals surface area contributed by atoms with Gasteiger partial charge in [-0.1, -0.05) is 12.1 Å². The van der Waals surface area contributed by atoms with Crippen LogP contribution in [0.1, 0.15) is 18.4 Å². The average molecular weight is 234 g/mol. The predicted octanol–water partition coefficient (Wildman–Crippen LogP) is 2.07. The van der Waals surface area contributed by atoms with Gasteiger partial charge in [-0.05, 0) is 18.9 Å². The standard InChI is InChI=1S/C12H14N2O3/c1-9-4-2-6-11(14(16)17)12(9)13-7-3-5-10(15)8-13/h2,4,6H,3,5,7-8H2,1H3. The van der Waals surface area contributed by atoms with Crippen molar-refractivity contribution in [3.8, 4) is 0 Å². The highest BCUT2D eigenvalue weighted by molar-refractivity contribution is 5.86. The topological polar surface area (TPSA) is 63.5 Å². The van der Waals surface area contributed by atoms with Crippen LogP contribution in [0.5, 0.6) is 0 Å². The Kier molecular flexibility index (Phi) is 3.08. The van der Waals surface area contributed by atoms with Gasteiger partial charge in [0.05, 0.1) is 11.5 Å². The molecular weight excluding hydrogens is 220 g/mol. The van der Waals surface area contributed by atoms with E-state index in [2.05, 4.69) is 0 Å². The van der Waals surface area contributed by atoms with Crippen LogP contribution in [0, 0.1) is 17.0 Å². The van der Waals surface area contributed by atoms with E-state index in [4.69, 9.17) is 0 Å². The first-order valence-electron chi connectivity index (χ1n) is 5.60. The van der Waals surface area contributed by atoms with Crippen molar-refractivity contribution >= 4 is 17.2 Å². The molecule has 0 N–H and O–H groups in total. The Labute approximate surface area is 99.2 Å². The number of piperidine rings is 1. The molecular formula is C12H14N2O3. The van der Waals surface area contributed by atoms with Gasteiger partial charge in [0, 0.05) is 19.0 Å². The van der Waals surface area contributed by atoms with E-state index in [9.17, 15) is 14.9 Å². The highest BCUT2D eigenvalue weighted by Gasteiger charge is 2.25.